The topological polar surface area (TPSA) is 58.4 Å². The van der Waals surface area contributed by atoms with Gasteiger partial charge in [0.2, 0.25) is 5.91 Å². The van der Waals surface area contributed by atoms with Crippen LogP contribution in [0, 0.1) is 5.92 Å². The number of nitrogens with zero attached hydrogens (tertiary/aromatic N) is 1. The van der Waals surface area contributed by atoms with Crippen LogP contribution in [0.4, 0.5) is 5.69 Å². The molecule has 1 aromatic carbocycles. The van der Waals surface area contributed by atoms with Crippen LogP contribution in [-0.2, 0) is 10.2 Å². The molecule has 0 aliphatic carbocycles. The van der Waals surface area contributed by atoms with Crippen LogP contribution in [0.3, 0.4) is 0 Å². The number of benzene rings is 1. The number of amides is 1. The average molecular weight is 289 g/mol. The lowest BCUT2D eigenvalue weighted by Gasteiger charge is -2.25. The molecule has 2 rings (SSSR count). The highest BCUT2D eigenvalue weighted by molar-refractivity contribution is 5.87. The first-order valence-electron chi connectivity index (χ1n) is 7.80. The van der Waals surface area contributed by atoms with Crippen LogP contribution in [0.1, 0.15) is 32.8 Å². The van der Waals surface area contributed by atoms with Gasteiger partial charge in [0.25, 0.3) is 0 Å². The standard InChI is InChI=1S/C17H27N3O/c1-4-20-10-9-13(12-20)11-19-16(21)17(2,3)14-5-7-15(18)8-6-14/h5-8,13H,4,9-12,18H2,1-3H3,(H,19,21). The minimum atomic E-state index is -0.531. The first-order valence-corrected chi connectivity index (χ1v) is 7.80. The van der Waals surface area contributed by atoms with Gasteiger partial charge < -0.3 is 16.0 Å². The maximum Gasteiger partial charge on any atom is 0.230 e. The zero-order valence-electron chi connectivity index (χ0n) is 13.4. The molecule has 1 fully saturated rings. The van der Waals surface area contributed by atoms with E-state index in [1.807, 2.05) is 38.1 Å². The van der Waals surface area contributed by atoms with Gasteiger partial charge in [-0.15, -0.1) is 0 Å². The fourth-order valence-corrected chi connectivity index (χ4v) is 2.86. The van der Waals surface area contributed by atoms with Crippen LogP contribution in [0.15, 0.2) is 24.3 Å². The average Bonchev–Trinajstić information content (AvgIpc) is 2.93. The SMILES string of the molecule is CCN1CCC(CNC(=O)C(C)(C)c2ccc(N)cc2)C1. The van der Waals surface area contributed by atoms with Crippen molar-refractivity contribution in [2.75, 3.05) is 31.9 Å². The van der Waals surface area contributed by atoms with E-state index in [9.17, 15) is 4.79 Å². The summed E-state index contributed by atoms with van der Waals surface area (Å²) in [5.74, 6) is 0.665. The van der Waals surface area contributed by atoms with Crippen molar-refractivity contribution in [3.63, 3.8) is 0 Å². The van der Waals surface area contributed by atoms with Crippen molar-refractivity contribution in [2.24, 2.45) is 5.92 Å². The van der Waals surface area contributed by atoms with Crippen molar-refractivity contribution in [3.05, 3.63) is 29.8 Å². The molecule has 0 aromatic heterocycles. The van der Waals surface area contributed by atoms with E-state index < -0.39 is 5.41 Å². The molecule has 4 nitrogen and oxygen atoms in total. The lowest BCUT2D eigenvalue weighted by molar-refractivity contribution is -0.125. The Kier molecular flexibility index (Phi) is 4.88. The first kappa shape index (κ1) is 15.8. The Hall–Kier alpha value is -1.55. The van der Waals surface area contributed by atoms with Crippen molar-refractivity contribution >= 4 is 11.6 Å². The van der Waals surface area contributed by atoms with E-state index in [1.54, 1.807) is 0 Å². The third-order valence-electron chi connectivity index (χ3n) is 4.57. The summed E-state index contributed by atoms with van der Waals surface area (Å²) in [7, 11) is 0. The second-order valence-electron chi connectivity index (χ2n) is 6.50. The Bertz CT molecular complexity index is 481. The largest absolute Gasteiger partial charge is 0.399 e. The third-order valence-corrected chi connectivity index (χ3v) is 4.57. The van der Waals surface area contributed by atoms with Gasteiger partial charge in [0.05, 0.1) is 5.41 Å². The highest BCUT2D eigenvalue weighted by atomic mass is 16.2. The molecular weight excluding hydrogens is 262 g/mol. The van der Waals surface area contributed by atoms with Gasteiger partial charge in [0.15, 0.2) is 0 Å². The van der Waals surface area contributed by atoms with E-state index >= 15 is 0 Å². The Morgan fingerprint density at radius 3 is 2.62 bits per heavy atom. The van der Waals surface area contributed by atoms with Crippen molar-refractivity contribution in [2.45, 2.75) is 32.6 Å². The molecule has 0 bridgehead atoms. The molecule has 1 amide bonds. The number of nitrogens with two attached hydrogens (primary N) is 1. The van der Waals surface area contributed by atoms with E-state index in [1.165, 1.54) is 6.42 Å². The van der Waals surface area contributed by atoms with Gasteiger partial charge in [0, 0.05) is 18.8 Å². The molecule has 1 aromatic rings. The number of nitrogens with one attached hydrogen (secondary N) is 1. The van der Waals surface area contributed by atoms with Crippen molar-refractivity contribution in [1.82, 2.24) is 10.2 Å². The zero-order chi connectivity index (χ0) is 15.5. The zero-order valence-corrected chi connectivity index (χ0v) is 13.4. The predicted octanol–water partition coefficient (Wildman–Crippen LogP) is 2.00. The molecule has 0 saturated carbocycles. The van der Waals surface area contributed by atoms with Gasteiger partial charge in [-0.25, -0.2) is 0 Å². The summed E-state index contributed by atoms with van der Waals surface area (Å²) in [6, 6.07) is 7.56. The Labute approximate surface area is 127 Å². The van der Waals surface area contributed by atoms with Crippen LogP contribution >= 0.6 is 0 Å². The van der Waals surface area contributed by atoms with Crippen molar-refractivity contribution in [1.29, 1.82) is 0 Å². The first-order chi connectivity index (χ1) is 9.93. The molecule has 1 atom stereocenters. The third kappa shape index (κ3) is 3.76. The van der Waals surface area contributed by atoms with Gasteiger partial charge in [-0.1, -0.05) is 19.1 Å². The summed E-state index contributed by atoms with van der Waals surface area (Å²) >= 11 is 0. The molecule has 3 N–H and O–H groups in total. The number of anilines is 1. The lowest BCUT2D eigenvalue weighted by atomic mass is 9.83. The summed E-state index contributed by atoms with van der Waals surface area (Å²) in [4.78, 5) is 14.9. The number of likely N-dealkylation sites (tertiary alicyclic amines) is 1. The van der Waals surface area contributed by atoms with Crippen LogP contribution in [0.5, 0.6) is 0 Å². The van der Waals surface area contributed by atoms with Crippen LogP contribution in [0.2, 0.25) is 0 Å². The van der Waals surface area contributed by atoms with Crippen molar-refractivity contribution < 1.29 is 4.79 Å². The molecule has 1 heterocycles. The Morgan fingerprint density at radius 2 is 2.05 bits per heavy atom. The molecule has 1 aliphatic rings. The minimum Gasteiger partial charge on any atom is -0.399 e. The number of carbonyl (C=O) groups excluding carboxylic acids is 1. The molecule has 0 spiro atoms. The normalized spacial score (nSPS) is 19.7. The van der Waals surface area contributed by atoms with E-state index in [-0.39, 0.29) is 5.91 Å². The fraction of sp³-hybridized carbons (Fsp3) is 0.588. The molecule has 0 radical (unpaired) electrons. The lowest BCUT2D eigenvalue weighted by Crippen LogP contribution is -2.42. The molecular formula is C17H27N3O. The quantitative estimate of drug-likeness (QED) is 0.815. The number of hydrogen-bond donors (Lipinski definition) is 2. The minimum absolute atomic E-state index is 0.0854. The summed E-state index contributed by atoms with van der Waals surface area (Å²) in [5.41, 5.74) is 6.90. The predicted molar refractivity (Wildman–Crippen MR) is 87.1 cm³/mol. The summed E-state index contributed by atoms with van der Waals surface area (Å²) in [6.07, 6.45) is 1.18. The second-order valence-corrected chi connectivity index (χ2v) is 6.50. The number of rotatable bonds is 5. The smallest absolute Gasteiger partial charge is 0.230 e. The van der Waals surface area contributed by atoms with Gasteiger partial charge in [0.1, 0.15) is 0 Å². The maximum absolute atomic E-state index is 12.5. The maximum atomic E-state index is 12.5. The van der Waals surface area contributed by atoms with Gasteiger partial charge in [-0.3, -0.25) is 4.79 Å². The number of hydrogen-bond acceptors (Lipinski definition) is 3. The van der Waals surface area contributed by atoms with Crippen LogP contribution in [0.25, 0.3) is 0 Å². The van der Waals surface area contributed by atoms with E-state index in [4.69, 9.17) is 5.73 Å². The van der Waals surface area contributed by atoms with Crippen LogP contribution in [-0.4, -0.2) is 37.0 Å². The molecule has 1 unspecified atom stereocenters. The summed E-state index contributed by atoms with van der Waals surface area (Å²) in [5, 5.41) is 3.13. The molecule has 21 heavy (non-hydrogen) atoms. The fourth-order valence-electron chi connectivity index (χ4n) is 2.86. The molecule has 116 valence electrons. The summed E-state index contributed by atoms with van der Waals surface area (Å²) in [6.45, 7) is 10.2. The molecule has 4 heteroatoms. The van der Waals surface area contributed by atoms with E-state index in [0.29, 0.717) is 5.92 Å². The Morgan fingerprint density at radius 1 is 1.38 bits per heavy atom. The Balaban J connectivity index is 1.91. The van der Waals surface area contributed by atoms with Crippen LogP contribution < -0.4 is 11.1 Å². The van der Waals surface area contributed by atoms with E-state index in [0.717, 1.165) is 37.4 Å². The highest BCUT2D eigenvalue weighted by Gasteiger charge is 2.30. The number of carbonyl (C=O) groups is 1. The molecule has 1 saturated heterocycles. The molecule has 1 aliphatic heterocycles. The second kappa shape index (κ2) is 6.48. The van der Waals surface area contributed by atoms with E-state index in [2.05, 4.69) is 17.1 Å². The monoisotopic (exact) mass is 289 g/mol. The highest BCUT2D eigenvalue weighted by Crippen LogP contribution is 2.24. The summed E-state index contributed by atoms with van der Waals surface area (Å²) < 4.78 is 0. The van der Waals surface area contributed by atoms with Crippen molar-refractivity contribution in [3.8, 4) is 0 Å². The number of nitrogen functional groups attached to an aromatic ring is 1. The van der Waals surface area contributed by atoms with Gasteiger partial charge in [-0.05, 0) is 57.0 Å². The van der Waals surface area contributed by atoms with Gasteiger partial charge >= 0.3 is 0 Å². The van der Waals surface area contributed by atoms with Gasteiger partial charge in [-0.2, -0.15) is 0 Å².